The molecule has 22 heavy (non-hydrogen) atoms. The molecule has 2 aliphatic rings. The fourth-order valence-corrected chi connectivity index (χ4v) is 3.82. The molecule has 6 nitrogen and oxygen atoms in total. The topological polar surface area (TPSA) is 54.6 Å². The van der Waals surface area contributed by atoms with Gasteiger partial charge in [0, 0.05) is 39.6 Å². The van der Waals surface area contributed by atoms with Crippen molar-refractivity contribution in [3.8, 4) is 0 Å². The van der Waals surface area contributed by atoms with Crippen LogP contribution in [-0.2, 0) is 4.74 Å². The molecule has 1 aromatic rings. The van der Waals surface area contributed by atoms with Crippen LogP contribution in [0.3, 0.4) is 0 Å². The van der Waals surface area contributed by atoms with Gasteiger partial charge in [0.15, 0.2) is 0 Å². The van der Waals surface area contributed by atoms with Crippen molar-refractivity contribution >= 4 is 0 Å². The van der Waals surface area contributed by atoms with Crippen LogP contribution in [0.5, 0.6) is 0 Å². The first-order valence-electron chi connectivity index (χ1n) is 8.46. The quantitative estimate of drug-likeness (QED) is 0.844. The minimum absolute atomic E-state index is 0.106. The normalized spacial score (nSPS) is 31.5. The Morgan fingerprint density at radius 3 is 2.59 bits per heavy atom. The minimum atomic E-state index is 0.106. The Morgan fingerprint density at radius 2 is 1.91 bits per heavy atom. The monoisotopic (exact) mass is 308 g/mol. The van der Waals surface area contributed by atoms with Crippen molar-refractivity contribution in [2.24, 2.45) is 11.8 Å². The molecule has 0 N–H and O–H groups in total. The summed E-state index contributed by atoms with van der Waals surface area (Å²) in [6.45, 7) is 13.5. The molecule has 0 amide bonds. The van der Waals surface area contributed by atoms with Gasteiger partial charge in [0.25, 0.3) is 0 Å². The van der Waals surface area contributed by atoms with Gasteiger partial charge in [0.05, 0.1) is 13.2 Å². The van der Waals surface area contributed by atoms with Crippen molar-refractivity contribution in [3.05, 3.63) is 11.8 Å². The maximum absolute atomic E-state index is 5.62. The molecule has 0 radical (unpaired) electrons. The van der Waals surface area contributed by atoms with E-state index in [1.165, 1.54) is 19.5 Å². The molecule has 6 heteroatoms. The largest absolute Gasteiger partial charge is 0.424 e. The van der Waals surface area contributed by atoms with E-state index in [1.54, 1.807) is 0 Å². The number of ether oxygens (including phenoxy) is 1. The summed E-state index contributed by atoms with van der Waals surface area (Å²) in [6.07, 6.45) is 1.36. The summed E-state index contributed by atoms with van der Waals surface area (Å²) in [7, 11) is 0. The van der Waals surface area contributed by atoms with Crippen LogP contribution >= 0.6 is 0 Å². The lowest BCUT2D eigenvalue weighted by atomic mass is 9.92. The molecule has 3 heterocycles. The molecule has 2 fully saturated rings. The molecular formula is C16H28N4O2. The van der Waals surface area contributed by atoms with Crippen LogP contribution < -0.4 is 0 Å². The lowest BCUT2D eigenvalue weighted by Crippen LogP contribution is -2.46. The molecule has 0 aromatic carbocycles. The number of hydrogen-bond donors (Lipinski definition) is 0. The van der Waals surface area contributed by atoms with Crippen LogP contribution in [0.15, 0.2) is 4.42 Å². The molecule has 0 unspecified atom stereocenters. The fraction of sp³-hybridized carbons (Fsp3) is 0.875. The van der Waals surface area contributed by atoms with Crippen LogP contribution in [0.2, 0.25) is 0 Å². The number of morpholine rings is 1. The van der Waals surface area contributed by atoms with E-state index < -0.39 is 0 Å². The molecule has 0 bridgehead atoms. The van der Waals surface area contributed by atoms with E-state index in [0.29, 0.717) is 18.4 Å². The van der Waals surface area contributed by atoms with Crippen LogP contribution in [-0.4, -0.2) is 65.9 Å². The summed E-state index contributed by atoms with van der Waals surface area (Å²) in [5.74, 6) is 2.93. The van der Waals surface area contributed by atoms with Crippen molar-refractivity contribution in [2.75, 3.05) is 45.9 Å². The van der Waals surface area contributed by atoms with Gasteiger partial charge >= 0.3 is 0 Å². The van der Waals surface area contributed by atoms with E-state index in [0.717, 1.165) is 38.1 Å². The first-order chi connectivity index (χ1) is 10.6. The molecular weight excluding hydrogens is 280 g/mol. The summed E-state index contributed by atoms with van der Waals surface area (Å²) in [4.78, 5) is 5.03. The SMILES string of the molecule is Cc1nnc([C@@H]2COCCN2CCN2C[C@@H](C)C[C@H](C)C2)o1. The number of aromatic nitrogens is 2. The van der Waals surface area contributed by atoms with Crippen LogP contribution in [0.4, 0.5) is 0 Å². The Hall–Kier alpha value is -0.980. The first-order valence-corrected chi connectivity index (χ1v) is 8.46. The third kappa shape index (κ3) is 3.86. The van der Waals surface area contributed by atoms with E-state index in [9.17, 15) is 0 Å². The van der Waals surface area contributed by atoms with Crippen molar-refractivity contribution in [1.29, 1.82) is 0 Å². The van der Waals surface area contributed by atoms with Crippen LogP contribution in [0, 0.1) is 18.8 Å². The van der Waals surface area contributed by atoms with E-state index in [1.807, 2.05) is 6.92 Å². The third-order valence-corrected chi connectivity index (χ3v) is 4.71. The Morgan fingerprint density at radius 1 is 1.14 bits per heavy atom. The second-order valence-electron chi connectivity index (χ2n) is 6.99. The highest BCUT2D eigenvalue weighted by molar-refractivity contribution is 4.92. The highest BCUT2D eigenvalue weighted by Gasteiger charge is 2.30. The van der Waals surface area contributed by atoms with E-state index in [4.69, 9.17) is 9.15 Å². The lowest BCUT2D eigenvalue weighted by Gasteiger charge is -2.38. The number of rotatable bonds is 4. The third-order valence-electron chi connectivity index (χ3n) is 4.71. The van der Waals surface area contributed by atoms with Crippen LogP contribution in [0.25, 0.3) is 0 Å². The van der Waals surface area contributed by atoms with Gasteiger partial charge in [-0.15, -0.1) is 10.2 Å². The zero-order valence-corrected chi connectivity index (χ0v) is 14.0. The predicted octanol–water partition coefficient (Wildman–Crippen LogP) is 1.73. The highest BCUT2D eigenvalue weighted by Crippen LogP contribution is 2.24. The zero-order valence-electron chi connectivity index (χ0n) is 14.0. The smallest absolute Gasteiger partial charge is 0.235 e. The predicted molar refractivity (Wildman–Crippen MR) is 83.6 cm³/mol. The average molecular weight is 308 g/mol. The molecule has 1 aromatic heterocycles. The van der Waals surface area contributed by atoms with Crippen molar-refractivity contribution in [1.82, 2.24) is 20.0 Å². The first kappa shape index (κ1) is 15.9. The van der Waals surface area contributed by atoms with Gasteiger partial charge in [-0.25, -0.2) is 0 Å². The Kier molecular flexibility index (Phi) is 5.10. The lowest BCUT2D eigenvalue weighted by molar-refractivity contribution is -0.0239. The number of hydrogen-bond acceptors (Lipinski definition) is 6. The Bertz CT molecular complexity index is 468. The molecule has 2 saturated heterocycles. The van der Waals surface area contributed by atoms with E-state index >= 15 is 0 Å². The van der Waals surface area contributed by atoms with Gasteiger partial charge in [0.2, 0.25) is 11.8 Å². The summed E-state index contributed by atoms with van der Waals surface area (Å²) in [6, 6.07) is 0.106. The van der Waals surface area contributed by atoms with Gasteiger partial charge in [-0.1, -0.05) is 13.8 Å². The summed E-state index contributed by atoms with van der Waals surface area (Å²) < 4.78 is 11.2. The van der Waals surface area contributed by atoms with Crippen molar-refractivity contribution in [3.63, 3.8) is 0 Å². The standard InChI is InChI=1S/C16H28N4O2/c1-12-8-13(2)10-19(9-12)4-5-20-6-7-21-11-15(20)16-18-17-14(3)22-16/h12-13,15H,4-11H2,1-3H3/t12-,13-,15-/m0/s1. The molecule has 2 aliphatic heterocycles. The Balaban J connectivity index is 1.57. The molecule has 0 saturated carbocycles. The Labute approximate surface area is 132 Å². The van der Waals surface area contributed by atoms with Crippen LogP contribution in [0.1, 0.15) is 38.1 Å². The maximum Gasteiger partial charge on any atom is 0.235 e. The van der Waals surface area contributed by atoms with Gasteiger partial charge in [0.1, 0.15) is 6.04 Å². The minimum Gasteiger partial charge on any atom is -0.424 e. The molecule has 3 atom stereocenters. The van der Waals surface area contributed by atoms with Crippen molar-refractivity contribution < 1.29 is 9.15 Å². The van der Waals surface area contributed by atoms with E-state index in [-0.39, 0.29) is 6.04 Å². The van der Waals surface area contributed by atoms with Gasteiger partial charge < -0.3 is 14.1 Å². The molecule has 3 rings (SSSR count). The highest BCUT2D eigenvalue weighted by atomic mass is 16.5. The second-order valence-corrected chi connectivity index (χ2v) is 6.99. The van der Waals surface area contributed by atoms with E-state index in [2.05, 4.69) is 33.8 Å². The number of nitrogens with zero attached hydrogens (tertiary/aromatic N) is 4. The zero-order chi connectivity index (χ0) is 15.5. The van der Waals surface area contributed by atoms with Gasteiger partial charge in [-0.2, -0.15) is 0 Å². The number of piperidine rings is 1. The van der Waals surface area contributed by atoms with Gasteiger partial charge in [-0.3, -0.25) is 4.90 Å². The average Bonchev–Trinajstić information content (AvgIpc) is 2.91. The summed E-state index contributed by atoms with van der Waals surface area (Å²) in [5, 5.41) is 8.14. The second kappa shape index (κ2) is 7.06. The number of likely N-dealkylation sites (tertiary alicyclic amines) is 1. The molecule has 124 valence electrons. The maximum atomic E-state index is 5.62. The van der Waals surface area contributed by atoms with Gasteiger partial charge in [-0.05, 0) is 18.3 Å². The fourth-order valence-electron chi connectivity index (χ4n) is 3.82. The summed E-state index contributed by atoms with van der Waals surface area (Å²) >= 11 is 0. The molecule has 0 spiro atoms. The van der Waals surface area contributed by atoms with Crippen molar-refractivity contribution in [2.45, 2.75) is 33.2 Å². The number of aryl methyl sites for hydroxylation is 1. The molecule has 0 aliphatic carbocycles. The summed E-state index contributed by atoms with van der Waals surface area (Å²) in [5.41, 5.74) is 0.